The number of amides is 2. The van der Waals surface area contributed by atoms with Crippen LogP contribution in [-0.4, -0.2) is 31.5 Å². The first-order valence-corrected chi connectivity index (χ1v) is 7.01. The van der Waals surface area contributed by atoms with Gasteiger partial charge in [-0.3, -0.25) is 9.59 Å². The zero-order valence-corrected chi connectivity index (χ0v) is 12.9. The molecule has 0 unspecified atom stereocenters. The first-order valence-electron chi connectivity index (χ1n) is 7.01. The summed E-state index contributed by atoms with van der Waals surface area (Å²) in [5.74, 6) is -1.27. The van der Waals surface area contributed by atoms with E-state index in [-0.39, 0.29) is 17.9 Å². The van der Waals surface area contributed by atoms with Crippen LogP contribution in [0.3, 0.4) is 0 Å². The maximum absolute atomic E-state index is 11.9. The maximum atomic E-state index is 11.9. The summed E-state index contributed by atoms with van der Waals surface area (Å²) in [6.07, 6.45) is 0. The third kappa shape index (κ3) is 4.33. The van der Waals surface area contributed by atoms with Crippen molar-refractivity contribution in [2.75, 3.05) is 19.0 Å². The van der Waals surface area contributed by atoms with Gasteiger partial charge in [-0.05, 0) is 36.4 Å². The number of rotatable bonds is 6. The van der Waals surface area contributed by atoms with Gasteiger partial charge >= 0.3 is 5.97 Å². The number of anilines is 1. The highest BCUT2D eigenvalue weighted by atomic mass is 16.5. The molecule has 2 amide bonds. The van der Waals surface area contributed by atoms with Crippen LogP contribution in [0.4, 0.5) is 5.69 Å². The summed E-state index contributed by atoms with van der Waals surface area (Å²) in [4.78, 5) is 34.5. The smallest absolute Gasteiger partial charge is 0.337 e. The van der Waals surface area contributed by atoms with Crippen molar-refractivity contribution in [2.45, 2.75) is 0 Å². The standard InChI is InChI=1S/C17H16N2O5/c1-23-17(22)11-6-8-12(9-7-11)19-15(20)10-24-14-5-3-2-4-13(14)16(18)21/h2-9H,10H2,1H3,(H2,18,21)(H,19,20). The number of primary amides is 1. The van der Waals surface area contributed by atoms with E-state index in [0.717, 1.165) is 0 Å². The largest absolute Gasteiger partial charge is 0.483 e. The third-order valence-corrected chi connectivity index (χ3v) is 3.10. The number of hydrogen-bond acceptors (Lipinski definition) is 5. The molecule has 2 aromatic rings. The number of benzene rings is 2. The number of carbonyl (C=O) groups is 3. The highest BCUT2D eigenvalue weighted by molar-refractivity contribution is 5.96. The SMILES string of the molecule is COC(=O)c1ccc(NC(=O)COc2ccccc2C(N)=O)cc1. The van der Waals surface area contributed by atoms with E-state index in [1.807, 2.05) is 0 Å². The summed E-state index contributed by atoms with van der Waals surface area (Å²) in [5, 5.41) is 2.61. The van der Waals surface area contributed by atoms with Crippen molar-refractivity contribution < 1.29 is 23.9 Å². The van der Waals surface area contributed by atoms with E-state index in [9.17, 15) is 14.4 Å². The Bertz CT molecular complexity index is 756. The minimum Gasteiger partial charge on any atom is -0.483 e. The first kappa shape index (κ1) is 17.0. The average molecular weight is 328 g/mol. The number of nitrogens with one attached hydrogen (secondary N) is 1. The van der Waals surface area contributed by atoms with Crippen LogP contribution < -0.4 is 15.8 Å². The molecule has 24 heavy (non-hydrogen) atoms. The van der Waals surface area contributed by atoms with E-state index >= 15 is 0 Å². The number of ether oxygens (including phenoxy) is 2. The molecule has 7 heteroatoms. The van der Waals surface area contributed by atoms with Crippen LogP contribution in [0.15, 0.2) is 48.5 Å². The van der Waals surface area contributed by atoms with Crippen molar-refractivity contribution in [3.8, 4) is 5.75 Å². The van der Waals surface area contributed by atoms with E-state index in [1.54, 1.807) is 30.3 Å². The molecule has 2 rings (SSSR count). The second-order valence-electron chi connectivity index (χ2n) is 4.77. The van der Waals surface area contributed by atoms with E-state index in [1.165, 1.54) is 25.3 Å². The predicted molar refractivity (Wildman–Crippen MR) is 86.9 cm³/mol. The molecule has 0 aliphatic heterocycles. The van der Waals surface area contributed by atoms with Gasteiger partial charge in [0, 0.05) is 5.69 Å². The lowest BCUT2D eigenvalue weighted by Gasteiger charge is -2.10. The third-order valence-electron chi connectivity index (χ3n) is 3.10. The van der Waals surface area contributed by atoms with Crippen molar-refractivity contribution in [1.82, 2.24) is 0 Å². The predicted octanol–water partition coefficient (Wildman–Crippen LogP) is 1.59. The Morgan fingerprint density at radius 1 is 1.04 bits per heavy atom. The van der Waals surface area contributed by atoms with Gasteiger partial charge in [0.25, 0.3) is 11.8 Å². The van der Waals surface area contributed by atoms with Gasteiger partial charge in [0.2, 0.25) is 0 Å². The first-order chi connectivity index (χ1) is 11.5. The van der Waals surface area contributed by atoms with E-state index in [4.69, 9.17) is 10.5 Å². The van der Waals surface area contributed by atoms with Crippen molar-refractivity contribution in [1.29, 1.82) is 0 Å². The highest BCUT2D eigenvalue weighted by Crippen LogP contribution is 2.17. The van der Waals surface area contributed by atoms with Gasteiger partial charge in [-0.15, -0.1) is 0 Å². The second kappa shape index (κ2) is 7.77. The molecule has 0 radical (unpaired) electrons. The molecule has 0 aromatic heterocycles. The summed E-state index contributed by atoms with van der Waals surface area (Å²) < 4.78 is 9.92. The van der Waals surface area contributed by atoms with Gasteiger partial charge in [0.15, 0.2) is 6.61 Å². The van der Waals surface area contributed by atoms with Crippen LogP contribution in [0.2, 0.25) is 0 Å². The summed E-state index contributed by atoms with van der Waals surface area (Å²) >= 11 is 0. The Morgan fingerprint density at radius 3 is 2.33 bits per heavy atom. The molecular weight excluding hydrogens is 312 g/mol. The number of hydrogen-bond donors (Lipinski definition) is 2. The van der Waals surface area contributed by atoms with Gasteiger partial charge in [0.05, 0.1) is 18.2 Å². The van der Waals surface area contributed by atoms with Crippen LogP contribution in [0.25, 0.3) is 0 Å². The lowest BCUT2D eigenvalue weighted by molar-refractivity contribution is -0.118. The van der Waals surface area contributed by atoms with Crippen molar-refractivity contribution in [3.63, 3.8) is 0 Å². The molecule has 0 bridgehead atoms. The lowest BCUT2D eigenvalue weighted by atomic mass is 10.2. The minimum absolute atomic E-state index is 0.202. The number of nitrogens with two attached hydrogens (primary N) is 1. The molecule has 3 N–H and O–H groups in total. The molecule has 0 aliphatic carbocycles. The number of para-hydroxylation sites is 1. The Morgan fingerprint density at radius 2 is 1.71 bits per heavy atom. The second-order valence-corrected chi connectivity index (χ2v) is 4.77. The minimum atomic E-state index is -0.635. The number of esters is 1. The molecule has 124 valence electrons. The van der Waals surface area contributed by atoms with Gasteiger partial charge in [-0.25, -0.2) is 4.79 Å². The van der Waals surface area contributed by atoms with Crippen molar-refractivity contribution in [2.24, 2.45) is 5.73 Å². The molecule has 0 saturated heterocycles. The maximum Gasteiger partial charge on any atom is 0.337 e. The number of carbonyl (C=O) groups excluding carboxylic acids is 3. The van der Waals surface area contributed by atoms with Crippen LogP contribution in [0, 0.1) is 0 Å². The Labute approximate surface area is 138 Å². The summed E-state index contributed by atoms with van der Waals surface area (Å²) in [5.41, 5.74) is 6.32. The fourth-order valence-corrected chi connectivity index (χ4v) is 1.94. The Kier molecular flexibility index (Phi) is 5.51. The topological polar surface area (TPSA) is 108 Å². The molecule has 0 spiro atoms. The van der Waals surface area contributed by atoms with Gasteiger partial charge in [-0.2, -0.15) is 0 Å². The lowest BCUT2D eigenvalue weighted by Crippen LogP contribution is -2.21. The summed E-state index contributed by atoms with van der Waals surface area (Å²) in [6, 6.07) is 12.6. The average Bonchev–Trinajstić information content (AvgIpc) is 2.60. The normalized spacial score (nSPS) is 9.88. The van der Waals surface area contributed by atoms with E-state index < -0.39 is 17.8 Å². The highest BCUT2D eigenvalue weighted by Gasteiger charge is 2.11. The molecule has 2 aromatic carbocycles. The zero-order valence-electron chi connectivity index (χ0n) is 12.9. The monoisotopic (exact) mass is 328 g/mol. The molecule has 0 atom stereocenters. The van der Waals surface area contributed by atoms with Gasteiger partial charge in [-0.1, -0.05) is 12.1 Å². The zero-order chi connectivity index (χ0) is 17.5. The van der Waals surface area contributed by atoms with Gasteiger partial charge in [0.1, 0.15) is 5.75 Å². The Balaban J connectivity index is 1.94. The van der Waals surface area contributed by atoms with Crippen molar-refractivity contribution in [3.05, 3.63) is 59.7 Å². The summed E-state index contributed by atoms with van der Waals surface area (Å²) in [6.45, 7) is -0.289. The molecule has 0 heterocycles. The van der Waals surface area contributed by atoms with E-state index in [0.29, 0.717) is 11.3 Å². The molecular formula is C17H16N2O5. The Hall–Kier alpha value is -3.35. The van der Waals surface area contributed by atoms with Gasteiger partial charge < -0.3 is 20.5 Å². The quantitative estimate of drug-likeness (QED) is 0.783. The fourth-order valence-electron chi connectivity index (χ4n) is 1.94. The fraction of sp³-hybridized carbons (Fsp3) is 0.118. The molecule has 0 fully saturated rings. The van der Waals surface area contributed by atoms with Crippen molar-refractivity contribution >= 4 is 23.5 Å². The summed E-state index contributed by atoms with van der Waals surface area (Å²) in [7, 11) is 1.29. The molecule has 0 aliphatic rings. The number of methoxy groups -OCH3 is 1. The molecule has 0 saturated carbocycles. The van der Waals surface area contributed by atoms with E-state index in [2.05, 4.69) is 10.1 Å². The van der Waals surface area contributed by atoms with Crippen LogP contribution in [0.5, 0.6) is 5.75 Å². The molecule has 7 nitrogen and oxygen atoms in total. The van der Waals surface area contributed by atoms with Crippen LogP contribution >= 0.6 is 0 Å². The van der Waals surface area contributed by atoms with Crippen LogP contribution in [0.1, 0.15) is 20.7 Å². The van der Waals surface area contributed by atoms with Crippen LogP contribution in [-0.2, 0) is 9.53 Å².